The van der Waals surface area contributed by atoms with Gasteiger partial charge in [-0.1, -0.05) is 6.92 Å². The van der Waals surface area contributed by atoms with Gasteiger partial charge in [0.15, 0.2) is 5.78 Å². The van der Waals surface area contributed by atoms with E-state index in [1.165, 1.54) is 0 Å². The largest absolute Gasteiger partial charge is 0.342 e. The van der Waals surface area contributed by atoms with E-state index < -0.39 is 17.4 Å². The molecule has 1 fully saturated rings. The fourth-order valence-corrected chi connectivity index (χ4v) is 2.68. The zero-order chi connectivity index (χ0) is 16.3. The number of halogens is 2. The molecule has 0 aromatic heterocycles. The van der Waals surface area contributed by atoms with Crippen LogP contribution in [0.2, 0.25) is 0 Å². The lowest BCUT2D eigenvalue weighted by Crippen LogP contribution is -2.44. The van der Waals surface area contributed by atoms with Crippen LogP contribution in [0.1, 0.15) is 30.1 Å². The predicted molar refractivity (Wildman–Crippen MR) is 78.2 cm³/mol. The number of carbonyl (C=O) groups excluding carboxylic acids is 2. The van der Waals surface area contributed by atoms with Crippen LogP contribution in [0.25, 0.3) is 0 Å². The number of likely N-dealkylation sites (tertiary alicyclic amines) is 1. The van der Waals surface area contributed by atoms with Crippen LogP contribution in [-0.4, -0.2) is 36.2 Å². The van der Waals surface area contributed by atoms with Crippen LogP contribution in [0.3, 0.4) is 0 Å². The van der Waals surface area contributed by atoms with Crippen molar-refractivity contribution in [3.05, 3.63) is 35.4 Å². The number of ketones is 1. The summed E-state index contributed by atoms with van der Waals surface area (Å²) >= 11 is 0. The van der Waals surface area contributed by atoms with E-state index >= 15 is 0 Å². The molecule has 22 heavy (non-hydrogen) atoms. The van der Waals surface area contributed by atoms with Gasteiger partial charge in [-0.25, -0.2) is 8.78 Å². The average molecular weight is 310 g/mol. The summed E-state index contributed by atoms with van der Waals surface area (Å²) in [6.45, 7) is 2.93. The molecule has 2 rings (SSSR count). The highest BCUT2D eigenvalue weighted by Crippen LogP contribution is 2.24. The first kappa shape index (κ1) is 16.5. The molecule has 1 aromatic carbocycles. The van der Waals surface area contributed by atoms with Gasteiger partial charge >= 0.3 is 0 Å². The first-order chi connectivity index (χ1) is 10.4. The minimum atomic E-state index is -0.707. The van der Waals surface area contributed by atoms with Gasteiger partial charge < -0.3 is 10.6 Å². The van der Waals surface area contributed by atoms with Gasteiger partial charge in [-0.05, 0) is 31.0 Å². The van der Waals surface area contributed by atoms with Crippen molar-refractivity contribution in [2.45, 2.75) is 19.8 Å². The molecule has 0 radical (unpaired) electrons. The fourth-order valence-electron chi connectivity index (χ4n) is 2.68. The molecule has 1 aliphatic rings. The number of hydrogen-bond acceptors (Lipinski definition) is 3. The molecule has 1 heterocycles. The Morgan fingerprint density at radius 2 is 1.95 bits per heavy atom. The van der Waals surface area contributed by atoms with Crippen LogP contribution >= 0.6 is 0 Å². The minimum absolute atomic E-state index is 0.0228. The number of benzene rings is 1. The molecular formula is C16H20F2N2O2. The van der Waals surface area contributed by atoms with Gasteiger partial charge in [0.25, 0.3) is 0 Å². The van der Waals surface area contributed by atoms with E-state index in [4.69, 9.17) is 5.73 Å². The summed E-state index contributed by atoms with van der Waals surface area (Å²) in [5.41, 5.74) is 5.27. The maximum Gasteiger partial charge on any atom is 0.226 e. The Morgan fingerprint density at radius 1 is 1.32 bits per heavy atom. The van der Waals surface area contributed by atoms with E-state index in [1.807, 2.05) is 0 Å². The van der Waals surface area contributed by atoms with Gasteiger partial charge in [0.05, 0.1) is 5.56 Å². The molecule has 1 saturated heterocycles. The standard InChI is InChI=1S/C16H20F2N2O2/c1-10(9-19)16(22)20-6-4-11(5-7-20)15(21)13-8-12(17)2-3-14(13)18/h2-3,8,10-11H,4-7,9,19H2,1H3. The number of amides is 1. The van der Waals surface area contributed by atoms with Gasteiger partial charge in [0.2, 0.25) is 5.91 Å². The van der Waals surface area contributed by atoms with Crippen molar-refractivity contribution < 1.29 is 18.4 Å². The molecule has 2 N–H and O–H groups in total. The van der Waals surface area contributed by atoms with Crippen molar-refractivity contribution in [3.8, 4) is 0 Å². The molecule has 0 saturated carbocycles. The first-order valence-electron chi connectivity index (χ1n) is 7.42. The van der Waals surface area contributed by atoms with Crippen LogP contribution in [0, 0.1) is 23.5 Å². The highest BCUT2D eigenvalue weighted by atomic mass is 19.1. The Hall–Kier alpha value is -1.82. The molecule has 0 bridgehead atoms. The Bertz CT molecular complexity index is 569. The number of carbonyl (C=O) groups is 2. The predicted octanol–water partition coefficient (Wildman–Crippen LogP) is 1.98. The van der Waals surface area contributed by atoms with Crippen molar-refractivity contribution in [1.29, 1.82) is 0 Å². The van der Waals surface area contributed by atoms with Gasteiger partial charge in [-0.3, -0.25) is 9.59 Å². The quantitative estimate of drug-likeness (QED) is 0.865. The van der Waals surface area contributed by atoms with Crippen LogP contribution in [0.15, 0.2) is 18.2 Å². The second-order valence-corrected chi connectivity index (χ2v) is 5.72. The topological polar surface area (TPSA) is 63.4 Å². The summed E-state index contributed by atoms with van der Waals surface area (Å²) in [7, 11) is 0. The molecule has 6 heteroatoms. The lowest BCUT2D eigenvalue weighted by atomic mass is 9.88. The highest BCUT2D eigenvalue weighted by molar-refractivity contribution is 5.98. The second-order valence-electron chi connectivity index (χ2n) is 5.72. The maximum absolute atomic E-state index is 13.7. The van der Waals surface area contributed by atoms with Gasteiger partial charge in [0, 0.05) is 31.5 Å². The third-order valence-corrected chi connectivity index (χ3v) is 4.15. The van der Waals surface area contributed by atoms with E-state index in [9.17, 15) is 18.4 Å². The van der Waals surface area contributed by atoms with E-state index in [0.717, 1.165) is 18.2 Å². The average Bonchev–Trinajstić information content (AvgIpc) is 2.55. The first-order valence-corrected chi connectivity index (χ1v) is 7.42. The van der Waals surface area contributed by atoms with Gasteiger partial charge in [0.1, 0.15) is 11.6 Å². The van der Waals surface area contributed by atoms with Crippen molar-refractivity contribution in [2.24, 2.45) is 17.6 Å². The molecule has 0 aliphatic carbocycles. The lowest BCUT2D eigenvalue weighted by Gasteiger charge is -2.32. The lowest BCUT2D eigenvalue weighted by molar-refractivity contribution is -0.135. The number of Topliss-reactive ketones (excluding diaryl/α,β-unsaturated/α-hetero) is 1. The maximum atomic E-state index is 13.7. The molecule has 1 aliphatic heterocycles. The third kappa shape index (κ3) is 3.50. The number of hydrogen-bond donors (Lipinski definition) is 1. The molecular weight excluding hydrogens is 290 g/mol. The van der Waals surface area contributed by atoms with Crippen molar-refractivity contribution in [3.63, 3.8) is 0 Å². The zero-order valence-electron chi connectivity index (χ0n) is 12.5. The summed E-state index contributed by atoms with van der Waals surface area (Å²) in [5.74, 6) is -2.38. The third-order valence-electron chi connectivity index (χ3n) is 4.15. The van der Waals surface area contributed by atoms with Crippen molar-refractivity contribution in [2.75, 3.05) is 19.6 Å². The van der Waals surface area contributed by atoms with E-state index in [-0.39, 0.29) is 29.9 Å². The van der Waals surface area contributed by atoms with Crippen LogP contribution in [0.5, 0.6) is 0 Å². The SMILES string of the molecule is CC(CN)C(=O)N1CCC(C(=O)c2cc(F)ccc2F)CC1. The summed E-state index contributed by atoms with van der Waals surface area (Å²) in [4.78, 5) is 26.0. The molecule has 1 atom stereocenters. The second kappa shape index (κ2) is 6.96. The van der Waals surface area contributed by atoms with Crippen LogP contribution < -0.4 is 5.73 Å². The normalized spacial score (nSPS) is 17.4. The monoisotopic (exact) mass is 310 g/mol. The smallest absolute Gasteiger partial charge is 0.226 e. The van der Waals surface area contributed by atoms with E-state index in [2.05, 4.69) is 0 Å². The number of piperidine rings is 1. The molecule has 1 aromatic rings. The van der Waals surface area contributed by atoms with Gasteiger partial charge in [-0.15, -0.1) is 0 Å². The molecule has 120 valence electrons. The van der Waals surface area contributed by atoms with Crippen molar-refractivity contribution >= 4 is 11.7 Å². The molecule has 1 unspecified atom stereocenters. The Labute approximate surface area is 128 Å². The van der Waals surface area contributed by atoms with Crippen LogP contribution in [-0.2, 0) is 4.79 Å². The number of rotatable bonds is 4. The van der Waals surface area contributed by atoms with Gasteiger partial charge in [-0.2, -0.15) is 0 Å². The number of nitrogens with two attached hydrogens (primary N) is 1. The summed E-state index contributed by atoms with van der Waals surface area (Å²) in [5, 5.41) is 0. The summed E-state index contributed by atoms with van der Waals surface area (Å²) in [6, 6.07) is 2.89. The Kier molecular flexibility index (Phi) is 5.24. The summed E-state index contributed by atoms with van der Waals surface area (Å²) < 4.78 is 26.9. The van der Waals surface area contributed by atoms with E-state index in [1.54, 1.807) is 11.8 Å². The van der Waals surface area contributed by atoms with E-state index in [0.29, 0.717) is 25.9 Å². The molecule has 0 spiro atoms. The fraction of sp³-hybridized carbons (Fsp3) is 0.500. The van der Waals surface area contributed by atoms with Crippen LogP contribution in [0.4, 0.5) is 8.78 Å². The van der Waals surface area contributed by atoms with Crippen molar-refractivity contribution in [1.82, 2.24) is 4.90 Å². The highest BCUT2D eigenvalue weighted by Gasteiger charge is 2.30. The Balaban J connectivity index is 2.01. The molecule has 4 nitrogen and oxygen atoms in total. The zero-order valence-corrected chi connectivity index (χ0v) is 12.5. The minimum Gasteiger partial charge on any atom is -0.342 e. The summed E-state index contributed by atoms with van der Waals surface area (Å²) in [6.07, 6.45) is 0.912. The Morgan fingerprint density at radius 3 is 2.55 bits per heavy atom. The number of nitrogens with zero attached hydrogens (tertiary/aromatic N) is 1. The molecule has 1 amide bonds.